The van der Waals surface area contributed by atoms with E-state index in [1.54, 1.807) is 6.92 Å². The molecule has 1 amide bonds. The van der Waals surface area contributed by atoms with Crippen molar-refractivity contribution in [2.45, 2.75) is 33.8 Å². The zero-order valence-corrected chi connectivity index (χ0v) is 10.3. The van der Waals surface area contributed by atoms with Gasteiger partial charge in [-0.1, -0.05) is 6.07 Å². The second kappa shape index (κ2) is 5.54. The van der Waals surface area contributed by atoms with Gasteiger partial charge in [0.05, 0.1) is 0 Å². The second-order valence-corrected chi connectivity index (χ2v) is 3.90. The summed E-state index contributed by atoms with van der Waals surface area (Å²) in [6.45, 7) is 8.34. The van der Waals surface area contributed by atoms with E-state index in [2.05, 4.69) is 5.32 Å². The molecule has 0 aliphatic carbocycles. The molecule has 0 aliphatic rings. The van der Waals surface area contributed by atoms with E-state index in [1.165, 1.54) is 11.1 Å². The van der Waals surface area contributed by atoms with Crippen LogP contribution in [0.1, 0.15) is 25.0 Å². The van der Waals surface area contributed by atoms with E-state index < -0.39 is 6.10 Å². The summed E-state index contributed by atoms with van der Waals surface area (Å²) in [5, 5.41) is 2.73. The summed E-state index contributed by atoms with van der Waals surface area (Å²) in [5.41, 5.74) is 2.39. The van der Waals surface area contributed by atoms with E-state index in [9.17, 15) is 4.79 Å². The van der Waals surface area contributed by atoms with Gasteiger partial charge in [0.25, 0.3) is 5.91 Å². The standard InChI is InChI=1S/C13H19NO2/c1-5-14-13(15)11(4)16-12-7-6-9(2)10(3)8-12/h6-8,11H,5H2,1-4H3,(H,14,15)/t11-/m0/s1. The molecule has 88 valence electrons. The summed E-state index contributed by atoms with van der Waals surface area (Å²) >= 11 is 0. The Morgan fingerprint density at radius 2 is 2.06 bits per heavy atom. The van der Waals surface area contributed by atoms with Crippen LogP contribution in [-0.4, -0.2) is 18.6 Å². The van der Waals surface area contributed by atoms with Gasteiger partial charge in [-0.15, -0.1) is 0 Å². The highest BCUT2D eigenvalue weighted by molar-refractivity contribution is 5.80. The summed E-state index contributed by atoms with van der Waals surface area (Å²) in [4.78, 5) is 11.5. The number of nitrogens with one attached hydrogen (secondary N) is 1. The van der Waals surface area contributed by atoms with Crippen molar-refractivity contribution in [1.82, 2.24) is 5.32 Å². The lowest BCUT2D eigenvalue weighted by Crippen LogP contribution is -2.36. The van der Waals surface area contributed by atoms with Crippen LogP contribution in [0.5, 0.6) is 5.75 Å². The van der Waals surface area contributed by atoms with E-state index >= 15 is 0 Å². The fourth-order valence-electron chi connectivity index (χ4n) is 1.36. The van der Waals surface area contributed by atoms with Crippen LogP contribution in [0.15, 0.2) is 18.2 Å². The SMILES string of the molecule is CCNC(=O)[C@H](C)Oc1ccc(C)c(C)c1. The maximum absolute atomic E-state index is 11.5. The quantitative estimate of drug-likeness (QED) is 0.846. The lowest BCUT2D eigenvalue weighted by atomic mass is 10.1. The highest BCUT2D eigenvalue weighted by atomic mass is 16.5. The number of hydrogen-bond acceptors (Lipinski definition) is 2. The second-order valence-electron chi connectivity index (χ2n) is 3.90. The van der Waals surface area contributed by atoms with Gasteiger partial charge in [-0.25, -0.2) is 0 Å². The average molecular weight is 221 g/mol. The first-order valence-electron chi connectivity index (χ1n) is 5.56. The fourth-order valence-corrected chi connectivity index (χ4v) is 1.36. The summed E-state index contributed by atoms with van der Waals surface area (Å²) in [5.74, 6) is 0.655. The molecule has 1 atom stereocenters. The van der Waals surface area contributed by atoms with E-state index in [0.29, 0.717) is 6.54 Å². The van der Waals surface area contributed by atoms with Gasteiger partial charge >= 0.3 is 0 Å². The Hall–Kier alpha value is -1.51. The van der Waals surface area contributed by atoms with Crippen molar-refractivity contribution in [2.24, 2.45) is 0 Å². The van der Waals surface area contributed by atoms with Gasteiger partial charge in [0, 0.05) is 6.54 Å². The van der Waals surface area contributed by atoms with Crippen LogP contribution in [-0.2, 0) is 4.79 Å². The van der Waals surface area contributed by atoms with Crippen molar-refractivity contribution in [3.8, 4) is 5.75 Å². The molecule has 0 bridgehead atoms. The van der Waals surface area contributed by atoms with Gasteiger partial charge < -0.3 is 10.1 Å². The molecule has 1 aromatic carbocycles. The Balaban J connectivity index is 2.66. The van der Waals surface area contributed by atoms with E-state index in [-0.39, 0.29) is 5.91 Å². The molecular weight excluding hydrogens is 202 g/mol. The molecule has 1 aromatic rings. The van der Waals surface area contributed by atoms with Crippen molar-refractivity contribution < 1.29 is 9.53 Å². The van der Waals surface area contributed by atoms with Gasteiger partial charge in [-0.2, -0.15) is 0 Å². The van der Waals surface area contributed by atoms with Gasteiger partial charge in [0.2, 0.25) is 0 Å². The van der Waals surface area contributed by atoms with Crippen LogP contribution in [0.4, 0.5) is 0 Å². The molecule has 0 aromatic heterocycles. The summed E-state index contributed by atoms with van der Waals surface area (Å²) in [7, 11) is 0. The van der Waals surface area contributed by atoms with Crippen molar-refractivity contribution in [3.05, 3.63) is 29.3 Å². The summed E-state index contributed by atoms with van der Waals surface area (Å²) < 4.78 is 5.55. The van der Waals surface area contributed by atoms with Crippen molar-refractivity contribution >= 4 is 5.91 Å². The molecule has 0 unspecified atom stereocenters. The first-order chi connectivity index (χ1) is 7.54. The molecule has 0 saturated carbocycles. The number of carbonyl (C=O) groups excluding carboxylic acids is 1. The van der Waals surface area contributed by atoms with Gasteiger partial charge in [0.1, 0.15) is 5.75 Å². The Morgan fingerprint density at radius 3 is 2.62 bits per heavy atom. The first kappa shape index (κ1) is 12.6. The largest absolute Gasteiger partial charge is 0.481 e. The van der Waals surface area contributed by atoms with E-state index in [1.807, 2.05) is 39.0 Å². The molecule has 0 saturated heterocycles. The van der Waals surface area contributed by atoms with Gasteiger partial charge in [-0.05, 0) is 51.0 Å². The van der Waals surface area contributed by atoms with Crippen molar-refractivity contribution in [2.75, 3.05) is 6.54 Å². The third-order valence-corrected chi connectivity index (χ3v) is 2.51. The number of rotatable bonds is 4. The van der Waals surface area contributed by atoms with Crippen LogP contribution < -0.4 is 10.1 Å². The number of ether oxygens (including phenoxy) is 1. The lowest BCUT2D eigenvalue weighted by molar-refractivity contribution is -0.127. The molecule has 0 heterocycles. The molecule has 0 aliphatic heterocycles. The average Bonchev–Trinajstić information content (AvgIpc) is 2.24. The predicted octanol–water partition coefficient (Wildman–Crippen LogP) is 2.21. The molecule has 0 fully saturated rings. The monoisotopic (exact) mass is 221 g/mol. The topological polar surface area (TPSA) is 38.3 Å². The molecule has 1 rings (SSSR count). The zero-order chi connectivity index (χ0) is 12.1. The Kier molecular flexibility index (Phi) is 4.35. The van der Waals surface area contributed by atoms with E-state index in [4.69, 9.17) is 4.74 Å². The minimum atomic E-state index is -0.456. The number of benzene rings is 1. The summed E-state index contributed by atoms with van der Waals surface area (Å²) in [6.07, 6.45) is -0.456. The van der Waals surface area contributed by atoms with Crippen molar-refractivity contribution in [1.29, 1.82) is 0 Å². The van der Waals surface area contributed by atoms with E-state index in [0.717, 1.165) is 5.75 Å². The Morgan fingerprint density at radius 1 is 1.38 bits per heavy atom. The number of likely N-dealkylation sites (N-methyl/N-ethyl adjacent to an activating group) is 1. The smallest absolute Gasteiger partial charge is 0.260 e. The third-order valence-electron chi connectivity index (χ3n) is 2.51. The van der Waals surface area contributed by atoms with Gasteiger partial charge in [-0.3, -0.25) is 4.79 Å². The molecule has 1 N–H and O–H groups in total. The Bertz CT molecular complexity index is 374. The van der Waals surface area contributed by atoms with Crippen LogP contribution in [0.3, 0.4) is 0 Å². The molecule has 3 nitrogen and oxygen atoms in total. The maximum Gasteiger partial charge on any atom is 0.260 e. The number of carbonyl (C=O) groups is 1. The highest BCUT2D eigenvalue weighted by Crippen LogP contribution is 2.17. The zero-order valence-electron chi connectivity index (χ0n) is 10.3. The minimum absolute atomic E-state index is 0.0827. The first-order valence-corrected chi connectivity index (χ1v) is 5.56. The molecule has 0 radical (unpaired) electrons. The molecular formula is C13H19NO2. The van der Waals surface area contributed by atoms with Gasteiger partial charge in [0.15, 0.2) is 6.10 Å². The fraction of sp³-hybridized carbons (Fsp3) is 0.462. The number of amides is 1. The lowest BCUT2D eigenvalue weighted by Gasteiger charge is -2.14. The molecule has 16 heavy (non-hydrogen) atoms. The Labute approximate surface area is 96.8 Å². The van der Waals surface area contributed by atoms with Crippen LogP contribution in [0.25, 0.3) is 0 Å². The summed E-state index contributed by atoms with van der Waals surface area (Å²) in [6, 6.07) is 5.83. The van der Waals surface area contributed by atoms with Crippen LogP contribution in [0.2, 0.25) is 0 Å². The van der Waals surface area contributed by atoms with Crippen molar-refractivity contribution in [3.63, 3.8) is 0 Å². The normalized spacial score (nSPS) is 12.0. The van der Waals surface area contributed by atoms with Crippen LogP contribution in [0, 0.1) is 13.8 Å². The number of hydrogen-bond donors (Lipinski definition) is 1. The predicted molar refractivity (Wildman–Crippen MR) is 64.7 cm³/mol. The highest BCUT2D eigenvalue weighted by Gasteiger charge is 2.13. The minimum Gasteiger partial charge on any atom is -0.481 e. The maximum atomic E-state index is 11.5. The molecule has 0 spiro atoms. The number of aryl methyl sites for hydroxylation is 2. The molecule has 3 heteroatoms. The van der Waals surface area contributed by atoms with Crippen LogP contribution >= 0.6 is 0 Å². The third kappa shape index (κ3) is 3.26.